The van der Waals surface area contributed by atoms with E-state index in [2.05, 4.69) is 36.1 Å². The van der Waals surface area contributed by atoms with Gasteiger partial charge in [0, 0.05) is 27.2 Å². The van der Waals surface area contributed by atoms with Crippen LogP contribution in [0.15, 0.2) is 77.6 Å². The number of ether oxygens (including phenoxy) is 3. The van der Waals surface area contributed by atoms with E-state index in [1.165, 1.54) is 11.1 Å². The number of methoxy groups -OCH3 is 1. The van der Waals surface area contributed by atoms with Crippen LogP contribution in [0.3, 0.4) is 0 Å². The molecule has 1 atom stereocenters. The van der Waals surface area contributed by atoms with Crippen molar-refractivity contribution in [2.45, 2.75) is 44.9 Å². The van der Waals surface area contributed by atoms with Gasteiger partial charge in [0.15, 0.2) is 0 Å². The van der Waals surface area contributed by atoms with Crippen molar-refractivity contribution in [2.75, 3.05) is 33.4 Å². The Bertz CT molecular complexity index is 1420. The third-order valence-electron chi connectivity index (χ3n) is 7.91. The van der Waals surface area contributed by atoms with Gasteiger partial charge in [0.1, 0.15) is 30.3 Å². The SMILES string of the molecule is CO[C@]1(COc2ccc(C)cc2)CCCN(Cc2ccc(OCCn3c(=O)n(C)c4ccccc43)cc2)CC1. The van der Waals surface area contributed by atoms with Crippen LogP contribution in [0.1, 0.15) is 30.4 Å². The lowest BCUT2D eigenvalue weighted by molar-refractivity contribution is -0.0541. The lowest BCUT2D eigenvalue weighted by Crippen LogP contribution is -2.39. The van der Waals surface area contributed by atoms with Crippen LogP contribution in [0, 0.1) is 6.92 Å². The molecule has 2 heterocycles. The Labute approximate surface area is 230 Å². The van der Waals surface area contributed by atoms with Crippen molar-refractivity contribution < 1.29 is 14.2 Å². The molecule has 1 saturated heterocycles. The number of aryl methyl sites for hydroxylation is 2. The standard InChI is InChI=1S/C32H39N3O4/c1-25-9-13-28(14-10-25)39-24-32(37-3)17-6-19-34(20-18-32)23-26-11-15-27(16-12-26)38-22-21-35-30-8-5-4-7-29(30)33(2)31(35)36/h4-5,7-16H,6,17-24H2,1-3H3/t32-/m1/s1. The Morgan fingerprint density at radius 3 is 2.28 bits per heavy atom. The fourth-order valence-electron chi connectivity index (χ4n) is 5.42. The third kappa shape index (κ3) is 6.37. The Balaban J connectivity index is 1.12. The lowest BCUT2D eigenvalue weighted by Gasteiger charge is -2.31. The summed E-state index contributed by atoms with van der Waals surface area (Å²) in [6.45, 7) is 6.48. The van der Waals surface area contributed by atoms with Gasteiger partial charge in [0.05, 0.1) is 17.6 Å². The van der Waals surface area contributed by atoms with Crippen LogP contribution < -0.4 is 15.2 Å². The molecule has 7 nitrogen and oxygen atoms in total. The van der Waals surface area contributed by atoms with Crippen LogP contribution in [0.4, 0.5) is 0 Å². The van der Waals surface area contributed by atoms with Gasteiger partial charge in [-0.05, 0) is 74.7 Å². The van der Waals surface area contributed by atoms with Crippen molar-refractivity contribution >= 4 is 11.0 Å². The minimum Gasteiger partial charge on any atom is -0.492 e. The number of imidazole rings is 1. The van der Waals surface area contributed by atoms with Gasteiger partial charge in [0.25, 0.3) is 0 Å². The predicted octanol–water partition coefficient (Wildman–Crippen LogP) is 5.18. The Hall–Kier alpha value is -3.55. The number of benzene rings is 3. The summed E-state index contributed by atoms with van der Waals surface area (Å²) in [5, 5.41) is 0. The minimum atomic E-state index is -0.261. The molecule has 206 valence electrons. The van der Waals surface area contributed by atoms with E-state index in [-0.39, 0.29) is 11.3 Å². The molecule has 0 unspecified atom stereocenters. The first-order chi connectivity index (χ1) is 19.0. The van der Waals surface area contributed by atoms with E-state index in [1.54, 1.807) is 16.2 Å². The molecule has 0 aliphatic carbocycles. The smallest absolute Gasteiger partial charge is 0.328 e. The molecule has 0 saturated carbocycles. The second kappa shape index (κ2) is 12.1. The molecule has 5 rings (SSSR count). The highest BCUT2D eigenvalue weighted by Gasteiger charge is 2.33. The summed E-state index contributed by atoms with van der Waals surface area (Å²) >= 11 is 0. The Morgan fingerprint density at radius 1 is 0.846 bits per heavy atom. The molecule has 0 N–H and O–H groups in total. The number of aromatic nitrogens is 2. The summed E-state index contributed by atoms with van der Waals surface area (Å²) in [4.78, 5) is 15.1. The largest absolute Gasteiger partial charge is 0.492 e. The molecule has 7 heteroatoms. The molecule has 1 aromatic heterocycles. The van der Waals surface area contributed by atoms with E-state index < -0.39 is 0 Å². The monoisotopic (exact) mass is 529 g/mol. The summed E-state index contributed by atoms with van der Waals surface area (Å²) in [7, 11) is 3.61. The minimum absolute atomic E-state index is 0.0215. The topological polar surface area (TPSA) is 57.9 Å². The zero-order valence-corrected chi connectivity index (χ0v) is 23.3. The maximum atomic E-state index is 12.6. The molecule has 0 amide bonds. The fourth-order valence-corrected chi connectivity index (χ4v) is 5.42. The van der Waals surface area contributed by atoms with E-state index in [9.17, 15) is 4.79 Å². The van der Waals surface area contributed by atoms with Gasteiger partial charge in [-0.2, -0.15) is 0 Å². The molecule has 0 bridgehead atoms. The van der Waals surface area contributed by atoms with Gasteiger partial charge in [-0.15, -0.1) is 0 Å². The van der Waals surface area contributed by atoms with Crippen molar-refractivity contribution in [3.63, 3.8) is 0 Å². The average Bonchev–Trinajstić information content (AvgIpc) is 3.08. The van der Waals surface area contributed by atoms with E-state index in [0.29, 0.717) is 19.8 Å². The Morgan fingerprint density at radius 2 is 1.54 bits per heavy atom. The number of hydrogen-bond acceptors (Lipinski definition) is 5. The van der Waals surface area contributed by atoms with E-state index in [4.69, 9.17) is 14.2 Å². The van der Waals surface area contributed by atoms with Crippen LogP contribution in [0.5, 0.6) is 11.5 Å². The highest BCUT2D eigenvalue weighted by molar-refractivity contribution is 5.75. The summed E-state index contributed by atoms with van der Waals surface area (Å²) < 4.78 is 21.6. The normalized spacial score (nSPS) is 18.2. The molecular formula is C32H39N3O4. The number of rotatable bonds is 10. The van der Waals surface area contributed by atoms with Gasteiger partial charge in [0.2, 0.25) is 0 Å². The summed E-state index contributed by atoms with van der Waals surface area (Å²) in [5.41, 5.74) is 4.07. The summed E-state index contributed by atoms with van der Waals surface area (Å²) in [6, 6.07) is 24.4. The van der Waals surface area contributed by atoms with Gasteiger partial charge >= 0.3 is 5.69 Å². The van der Waals surface area contributed by atoms with Crippen LogP contribution in [-0.4, -0.2) is 53.0 Å². The maximum Gasteiger partial charge on any atom is 0.328 e. The molecule has 4 aromatic rings. The molecule has 1 aliphatic rings. The van der Waals surface area contributed by atoms with Gasteiger partial charge in [-0.1, -0.05) is 42.0 Å². The average molecular weight is 530 g/mol. The van der Waals surface area contributed by atoms with Crippen molar-refractivity contribution in [3.8, 4) is 11.5 Å². The van der Waals surface area contributed by atoms with E-state index >= 15 is 0 Å². The first kappa shape index (κ1) is 27.0. The highest BCUT2D eigenvalue weighted by atomic mass is 16.5. The molecule has 0 radical (unpaired) electrons. The number of fused-ring (bicyclic) bond motifs is 1. The van der Waals surface area contributed by atoms with Crippen molar-refractivity contribution in [1.29, 1.82) is 0 Å². The molecule has 3 aromatic carbocycles. The second-order valence-electron chi connectivity index (χ2n) is 10.6. The quantitative estimate of drug-likeness (QED) is 0.283. The zero-order valence-electron chi connectivity index (χ0n) is 23.3. The van der Waals surface area contributed by atoms with Crippen molar-refractivity contribution in [2.24, 2.45) is 7.05 Å². The number of para-hydroxylation sites is 2. The van der Waals surface area contributed by atoms with Crippen molar-refractivity contribution in [3.05, 3.63) is 94.4 Å². The first-order valence-electron chi connectivity index (χ1n) is 13.8. The third-order valence-corrected chi connectivity index (χ3v) is 7.91. The van der Waals surface area contributed by atoms with Crippen molar-refractivity contribution in [1.82, 2.24) is 14.0 Å². The molecule has 1 aliphatic heterocycles. The predicted molar refractivity (Wildman–Crippen MR) is 155 cm³/mol. The number of likely N-dealkylation sites (tertiary alicyclic amines) is 1. The summed E-state index contributed by atoms with van der Waals surface area (Å²) in [5.74, 6) is 1.71. The van der Waals surface area contributed by atoms with Crippen LogP contribution in [0.2, 0.25) is 0 Å². The highest BCUT2D eigenvalue weighted by Crippen LogP contribution is 2.28. The second-order valence-corrected chi connectivity index (χ2v) is 10.6. The van der Waals surface area contributed by atoms with Gasteiger partial charge in [-0.25, -0.2) is 4.79 Å². The number of nitrogens with zero attached hydrogens (tertiary/aromatic N) is 3. The zero-order chi connectivity index (χ0) is 27.2. The Kier molecular flexibility index (Phi) is 8.38. The number of hydrogen-bond donors (Lipinski definition) is 0. The molecule has 1 fully saturated rings. The molecule has 0 spiro atoms. The molecular weight excluding hydrogens is 490 g/mol. The molecule has 39 heavy (non-hydrogen) atoms. The van der Waals surface area contributed by atoms with E-state index in [0.717, 1.165) is 61.4 Å². The lowest BCUT2D eigenvalue weighted by atomic mass is 9.95. The van der Waals surface area contributed by atoms with Crippen LogP contribution in [0.25, 0.3) is 11.0 Å². The van der Waals surface area contributed by atoms with E-state index in [1.807, 2.05) is 55.6 Å². The van der Waals surface area contributed by atoms with Gasteiger partial charge in [-0.3, -0.25) is 14.0 Å². The maximum absolute atomic E-state index is 12.6. The van der Waals surface area contributed by atoms with Crippen LogP contribution >= 0.6 is 0 Å². The first-order valence-corrected chi connectivity index (χ1v) is 13.8. The van der Waals surface area contributed by atoms with Crippen LogP contribution in [-0.2, 0) is 24.9 Å². The fraction of sp³-hybridized carbons (Fsp3) is 0.406. The summed E-state index contributed by atoms with van der Waals surface area (Å²) in [6.07, 6.45) is 2.99. The van der Waals surface area contributed by atoms with Gasteiger partial charge < -0.3 is 14.2 Å².